The Morgan fingerprint density at radius 3 is 2.89 bits per heavy atom. The van der Waals surface area contributed by atoms with E-state index in [0.717, 1.165) is 39.0 Å². The van der Waals surface area contributed by atoms with Crippen LogP contribution in [-0.4, -0.2) is 55.7 Å². The van der Waals surface area contributed by atoms with Crippen LogP contribution in [0, 0.1) is 5.92 Å². The molecule has 104 valence electrons. The molecule has 1 amide bonds. The molecule has 3 N–H and O–H groups in total. The van der Waals surface area contributed by atoms with Gasteiger partial charge in [0.2, 0.25) is 5.91 Å². The van der Waals surface area contributed by atoms with Gasteiger partial charge in [-0.1, -0.05) is 6.92 Å². The van der Waals surface area contributed by atoms with E-state index in [1.165, 1.54) is 6.42 Å². The maximum Gasteiger partial charge on any atom is 0.249 e. The molecule has 2 rings (SSSR count). The number of nitrogens with zero attached hydrogens (tertiary/aromatic N) is 1. The summed E-state index contributed by atoms with van der Waals surface area (Å²) in [6.07, 6.45) is 2.69. The van der Waals surface area contributed by atoms with E-state index in [1.54, 1.807) is 0 Å². The minimum absolute atomic E-state index is 0.0425. The molecule has 2 fully saturated rings. The van der Waals surface area contributed by atoms with E-state index < -0.39 is 0 Å². The Bertz CT molecular complexity index is 285. The van der Waals surface area contributed by atoms with Gasteiger partial charge in [-0.15, -0.1) is 0 Å². The average Bonchev–Trinajstić information content (AvgIpc) is 3.04. The fourth-order valence-electron chi connectivity index (χ4n) is 2.80. The van der Waals surface area contributed by atoms with Crippen LogP contribution >= 0.6 is 0 Å². The van der Waals surface area contributed by atoms with Gasteiger partial charge in [-0.25, -0.2) is 0 Å². The van der Waals surface area contributed by atoms with E-state index in [4.69, 9.17) is 10.5 Å². The molecule has 3 atom stereocenters. The summed E-state index contributed by atoms with van der Waals surface area (Å²) in [5.41, 5.74) is 5.54. The lowest BCUT2D eigenvalue weighted by atomic mass is 10.1. The number of hydrogen-bond donors (Lipinski definition) is 2. The fourth-order valence-corrected chi connectivity index (χ4v) is 2.80. The zero-order chi connectivity index (χ0) is 13.0. The van der Waals surface area contributed by atoms with Gasteiger partial charge in [0.25, 0.3) is 0 Å². The highest BCUT2D eigenvalue weighted by Gasteiger charge is 2.30. The minimum atomic E-state index is -0.276. The Morgan fingerprint density at radius 2 is 2.28 bits per heavy atom. The van der Waals surface area contributed by atoms with Crippen molar-refractivity contribution in [3.63, 3.8) is 0 Å². The third-order valence-electron chi connectivity index (χ3n) is 4.05. The fraction of sp³-hybridized carbons (Fsp3) is 0.923. The van der Waals surface area contributed by atoms with E-state index in [0.29, 0.717) is 12.5 Å². The molecule has 18 heavy (non-hydrogen) atoms. The molecule has 5 heteroatoms. The van der Waals surface area contributed by atoms with Gasteiger partial charge in [-0.2, -0.15) is 0 Å². The minimum Gasteiger partial charge on any atom is -0.364 e. The first-order valence-electron chi connectivity index (χ1n) is 7.08. The summed E-state index contributed by atoms with van der Waals surface area (Å²) in [7, 11) is 0. The van der Waals surface area contributed by atoms with Gasteiger partial charge in [0.05, 0.1) is 6.10 Å². The first-order valence-corrected chi connectivity index (χ1v) is 7.08. The molecule has 2 saturated heterocycles. The molecular weight excluding hydrogens is 230 g/mol. The number of carbonyl (C=O) groups excluding carboxylic acids is 1. The lowest BCUT2D eigenvalue weighted by Crippen LogP contribution is -2.38. The number of hydrogen-bond acceptors (Lipinski definition) is 4. The molecule has 0 bridgehead atoms. The Kier molecular flexibility index (Phi) is 4.97. The molecule has 3 unspecified atom stereocenters. The summed E-state index contributed by atoms with van der Waals surface area (Å²) in [6.45, 7) is 6.84. The van der Waals surface area contributed by atoms with Crippen molar-refractivity contribution in [1.82, 2.24) is 10.2 Å². The van der Waals surface area contributed by atoms with Crippen molar-refractivity contribution in [3.05, 3.63) is 0 Å². The first kappa shape index (κ1) is 13.8. The van der Waals surface area contributed by atoms with Crippen LogP contribution in [0.15, 0.2) is 0 Å². The van der Waals surface area contributed by atoms with Gasteiger partial charge < -0.3 is 20.7 Å². The van der Waals surface area contributed by atoms with Crippen LogP contribution in [0.3, 0.4) is 0 Å². The van der Waals surface area contributed by atoms with E-state index in [9.17, 15) is 4.79 Å². The summed E-state index contributed by atoms with van der Waals surface area (Å²) >= 11 is 0. The van der Waals surface area contributed by atoms with Crippen molar-refractivity contribution >= 4 is 5.91 Å². The van der Waals surface area contributed by atoms with Gasteiger partial charge in [-0.3, -0.25) is 4.79 Å². The smallest absolute Gasteiger partial charge is 0.249 e. The number of amides is 1. The van der Waals surface area contributed by atoms with E-state index in [-0.39, 0.29) is 18.1 Å². The second-order valence-electron chi connectivity index (χ2n) is 5.35. The molecule has 0 aromatic carbocycles. The Hall–Kier alpha value is -0.650. The maximum absolute atomic E-state index is 11.9. The summed E-state index contributed by atoms with van der Waals surface area (Å²) in [4.78, 5) is 14.3. The number of rotatable bonds is 5. The SMILES string of the molecule is CCN1CCC(CNC(=O)C2CCC(CN)O2)C1. The monoisotopic (exact) mass is 255 g/mol. The summed E-state index contributed by atoms with van der Waals surface area (Å²) in [5, 5.41) is 3.02. The van der Waals surface area contributed by atoms with Crippen LogP contribution in [0.2, 0.25) is 0 Å². The van der Waals surface area contributed by atoms with Crippen LogP contribution < -0.4 is 11.1 Å². The lowest BCUT2D eigenvalue weighted by molar-refractivity contribution is -0.132. The second kappa shape index (κ2) is 6.50. The largest absolute Gasteiger partial charge is 0.364 e. The molecule has 0 saturated carbocycles. The molecule has 0 aliphatic carbocycles. The number of carbonyl (C=O) groups is 1. The van der Waals surface area contributed by atoms with Crippen molar-refractivity contribution in [2.45, 2.75) is 38.4 Å². The van der Waals surface area contributed by atoms with Crippen LogP contribution in [0.25, 0.3) is 0 Å². The van der Waals surface area contributed by atoms with Gasteiger partial charge in [0.15, 0.2) is 0 Å². The van der Waals surface area contributed by atoms with E-state index >= 15 is 0 Å². The molecule has 2 heterocycles. The average molecular weight is 255 g/mol. The second-order valence-corrected chi connectivity index (χ2v) is 5.35. The van der Waals surface area contributed by atoms with Crippen LogP contribution in [0.5, 0.6) is 0 Å². The van der Waals surface area contributed by atoms with Crippen molar-refractivity contribution in [2.75, 3.05) is 32.7 Å². The molecule has 5 nitrogen and oxygen atoms in total. The predicted octanol–water partition coefficient (Wildman–Crippen LogP) is -0.0493. The molecule has 2 aliphatic heterocycles. The predicted molar refractivity (Wildman–Crippen MR) is 70.2 cm³/mol. The number of nitrogens with two attached hydrogens (primary N) is 1. The number of ether oxygens (including phenoxy) is 1. The Balaban J connectivity index is 1.66. The third kappa shape index (κ3) is 3.43. The molecular formula is C13H25N3O2. The van der Waals surface area contributed by atoms with Crippen LogP contribution in [0.4, 0.5) is 0 Å². The zero-order valence-electron chi connectivity index (χ0n) is 11.2. The van der Waals surface area contributed by atoms with Gasteiger partial charge >= 0.3 is 0 Å². The first-order chi connectivity index (χ1) is 8.72. The van der Waals surface area contributed by atoms with Crippen molar-refractivity contribution < 1.29 is 9.53 Å². The van der Waals surface area contributed by atoms with E-state index in [2.05, 4.69) is 17.1 Å². The summed E-state index contributed by atoms with van der Waals surface area (Å²) < 4.78 is 5.58. The lowest BCUT2D eigenvalue weighted by Gasteiger charge is -2.16. The zero-order valence-corrected chi connectivity index (χ0v) is 11.2. The normalized spacial score (nSPS) is 32.9. The Morgan fingerprint density at radius 1 is 1.44 bits per heavy atom. The molecule has 0 spiro atoms. The molecule has 0 aromatic rings. The standard InChI is InChI=1S/C13H25N3O2/c1-2-16-6-5-10(9-16)8-15-13(17)12-4-3-11(7-14)18-12/h10-12H,2-9,14H2,1H3,(H,15,17). The molecule has 0 radical (unpaired) electrons. The van der Waals surface area contributed by atoms with E-state index in [1.807, 2.05) is 0 Å². The van der Waals surface area contributed by atoms with Crippen LogP contribution in [0.1, 0.15) is 26.2 Å². The van der Waals surface area contributed by atoms with Crippen molar-refractivity contribution in [3.8, 4) is 0 Å². The van der Waals surface area contributed by atoms with Gasteiger partial charge in [-0.05, 0) is 38.3 Å². The number of likely N-dealkylation sites (tertiary alicyclic amines) is 1. The van der Waals surface area contributed by atoms with Crippen LogP contribution in [-0.2, 0) is 9.53 Å². The summed E-state index contributed by atoms with van der Waals surface area (Å²) in [5.74, 6) is 0.640. The van der Waals surface area contributed by atoms with Crippen molar-refractivity contribution in [1.29, 1.82) is 0 Å². The third-order valence-corrected chi connectivity index (χ3v) is 4.05. The highest BCUT2D eigenvalue weighted by molar-refractivity contribution is 5.81. The number of nitrogens with one attached hydrogen (secondary N) is 1. The Labute approximate surface area is 109 Å². The summed E-state index contributed by atoms with van der Waals surface area (Å²) in [6, 6.07) is 0. The maximum atomic E-state index is 11.9. The topological polar surface area (TPSA) is 67.6 Å². The molecule has 2 aliphatic rings. The van der Waals surface area contributed by atoms with Crippen molar-refractivity contribution in [2.24, 2.45) is 11.7 Å². The highest BCUT2D eigenvalue weighted by Crippen LogP contribution is 2.19. The molecule has 0 aromatic heterocycles. The van der Waals surface area contributed by atoms with Gasteiger partial charge in [0, 0.05) is 19.6 Å². The quantitative estimate of drug-likeness (QED) is 0.723. The highest BCUT2D eigenvalue weighted by atomic mass is 16.5. The van der Waals surface area contributed by atoms with Gasteiger partial charge in [0.1, 0.15) is 6.10 Å².